The topological polar surface area (TPSA) is 67.4 Å². The van der Waals surface area contributed by atoms with Gasteiger partial charge >= 0.3 is 6.09 Å². The number of nitrogens with one attached hydrogen (secondary N) is 2. The van der Waals surface area contributed by atoms with Crippen LogP contribution in [-0.4, -0.2) is 30.2 Å². The lowest BCUT2D eigenvalue weighted by Gasteiger charge is -2.21. The molecule has 1 aliphatic rings. The normalized spacial score (nSPS) is 20.5. The molecule has 0 unspecified atom stereocenters. The molecule has 132 valence electrons. The van der Waals surface area contributed by atoms with Crippen LogP contribution in [0.1, 0.15) is 56.8 Å². The van der Waals surface area contributed by atoms with Crippen LogP contribution in [0.3, 0.4) is 0 Å². The van der Waals surface area contributed by atoms with Crippen molar-refractivity contribution >= 4 is 12.0 Å². The fourth-order valence-corrected chi connectivity index (χ4v) is 3.02. The predicted octanol–water partition coefficient (Wildman–Crippen LogP) is 3.50. The fourth-order valence-electron chi connectivity index (χ4n) is 3.02. The van der Waals surface area contributed by atoms with Crippen LogP contribution in [0, 0.1) is 5.92 Å². The molecule has 2 rings (SSSR count). The minimum absolute atomic E-state index is 0.0305. The average Bonchev–Trinajstić information content (AvgIpc) is 2.93. The molecule has 1 fully saturated rings. The molecule has 2 atom stereocenters. The van der Waals surface area contributed by atoms with Gasteiger partial charge in [0.1, 0.15) is 5.60 Å². The Morgan fingerprint density at radius 1 is 1.17 bits per heavy atom. The van der Waals surface area contributed by atoms with E-state index in [1.165, 1.54) is 0 Å². The van der Waals surface area contributed by atoms with Crippen LogP contribution < -0.4 is 10.6 Å². The third-order valence-electron chi connectivity index (χ3n) is 4.14. The molecular weight excluding hydrogens is 304 g/mol. The number of benzene rings is 1. The van der Waals surface area contributed by atoms with Crippen molar-refractivity contribution in [3.8, 4) is 0 Å². The summed E-state index contributed by atoms with van der Waals surface area (Å²) in [7, 11) is 0. The maximum Gasteiger partial charge on any atom is 0.407 e. The van der Waals surface area contributed by atoms with Gasteiger partial charge in [0.2, 0.25) is 0 Å². The lowest BCUT2D eigenvalue weighted by atomic mass is 10.0. The van der Waals surface area contributed by atoms with Crippen molar-refractivity contribution in [3.05, 3.63) is 35.9 Å². The zero-order valence-corrected chi connectivity index (χ0v) is 14.8. The molecule has 5 heteroatoms. The number of rotatable bonds is 5. The summed E-state index contributed by atoms with van der Waals surface area (Å²) in [6.45, 7) is 6.25. The van der Waals surface area contributed by atoms with Crippen LogP contribution in [-0.2, 0) is 4.74 Å². The molecule has 2 N–H and O–H groups in total. The highest BCUT2D eigenvalue weighted by Gasteiger charge is 2.27. The van der Waals surface area contributed by atoms with Crippen molar-refractivity contribution in [2.75, 3.05) is 6.54 Å². The van der Waals surface area contributed by atoms with E-state index in [1.807, 2.05) is 51.1 Å². The first-order valence-electron chi connectivity index (χ1n) is 8.66. The maximum atomic E-state index is 12.0. The van der Waals surface area contributed by atoms with E-state index in [0.29, 0.717) is 18.0 Å². The number of amides is 2. The second kappa shape index (κ2) is 8.18. The van der Waals surface area contributed by atoms with Gasteiger partial charge in [0, 0.05) is 18.2 Å². The van der Waals surface area contributed by atoms with Crippen LogP contribution in [0.15, 0.2) is 30.3 Å². The van der Waals surface area contributed by atoms with Gasteiger partial charge in [-0.3, -0.25) is 4.79 Å². The number of carbonyl (C=O) groups excluding carboxylic acids is 2. The Morgan fingerprint density at radius 3 is 2.54 bits per heavy atom. The highest BCUT2D eigenvalue weighted by Crippen LogP contribution is 2.28. The van der Waals surface area contributed by atoms with E-state index < -0.39 is 5.60 Å². The Morgan fingerprint density at radius 2 is 1.88 bits per heavy atom. The summed E-state index contributed by atoms with van der Waals surface area (Å²) in [5.74, 6) is 0.498. The standard InChI is InChI=1S/C19H28N2O3/c1-19(2,3)24-18(23)21-16-10-9-14(13-16)11-12-20-17(22)15-7-5-4-6-8-15/h4-8,14,16H,9-13H2,1-3H3,(H,20,22)(H,21,23)/t14-,16-/m0/s1. The molecule has 0 aromatic heterocycles. The zero-order chi connectivity index (χ0) is 17.6. The lowest BCUT2D eigenvalue weighted by Crippen LogP contribution is -2.38. The Kier molecular flexibility index (Phi) is 6.23. The molecule has 1 saturated carbocycles. The van der Waals surface area contributed by atoms with Gasteiger partial charge < -0.3 is 15.4 Å². The number of alkyl carbamates (subject to hydrolysis) is 1. The van der Waals surface area contributed by atoms with E-state index in [9.17, 15) is 9.59 Å². The molecule has 0 saturated heterocycles. The predicted molar refractivity (Wildman–Crippen MR) is 93.9 cm³/mol. The van der Waals surface area contributed by atoms with E-state index in [2.05, 4.69) is 10.6 Å². The molecular formula is C19H28N2O3. The Balaban J connectivity index is 1.65. The second-order valence-corrected chi connectivity index (χ2v) is 7.43. The molecule has 1 aliphatic carbocycles. The molecule has 0 bridgehead atoms. The first-order valence-corrected chi connectivity index (χ1v) is 8.66. The van der Waals surface area contributed by atoms with Crippen LogP contribution in [0.4, 0.5) is 4.79 Å². The van der Waals surface area contributed by atoms with Gasteiger partial charge in [0.25, 0.3) is 5.91 Å². The van der Waals surface area contributed by atoms with Crippen LogP contribution >= 0.6 is 0 Å². The average molecular weight is 332 g/mol. The Labute approximate surface area is 144 Å². The quantitative estimate of drug-likeness (QED) is 0.867. The molecule has 0 heterocycles. The largest absolute Gasteiger partial charge is 0.444 e. The lowest BCUT2D eigenvalue weighted by molar-refractivity contribution is 0.0504. The molecule has 0 aliphatic heterocycles. The molecule has 1 aromatic rings. The smallest absolute Gasteiger partial charge is 0.407 e. The number of hydrogen-bond acceptors (Lipinski definition) is 3. The minimum Gasteiger partial charge on any atom is -0.444 e. The molecule has 2 amide bonds. The van der Waals surface area contributed by atoms with E-state index in [-0.39, 0.29) is 18.0 Å². The molecule has 1 aromatic carbocycles. The van der Waals surface area contributed by atoms with E-state index in [4.69, 9.17) is 4.74 Å². The SMILES string of the molecule is CC(C)(C)OC(=O)N[C@H]1CC[C@@H](CCNC(=O)c2ccccc2)C1. The van der Waals surface area contributed by atoms with Crippen LogP contribution in [0.2, 0.25) is 0 Å². The maximum absolute atomic E-state index is 12.0. The summed E-state index contributed by atoms with van der Waals surface area (Å²) >= 11 is 0. The van der Waals surface area contributed by atoms with Crippen LogP contribution in [0.5, 0.6) is 0 Å². The van der Waals surface area contributed by atoms with E-state index >= 15 is 0 Å². The van der Waals surface area contributed by atoms with Crippen molar-refractivity contribution in [2.45, 2.75) is 58.1 Å². The third kappa shape index (κ3) is 6.22. The van der Waals surface area contributed by atoms with Gasteiger partial charge in [-0.15, -0.1) is 0 Å². The van der Waals surface area contributed by atoms with Gasteiger partial charge in [-0.2, -0.15) is 0 Å². The van der Waals surface area contributed by atoms with Gasteiger partial charge in [0.05, 0.1) is 0 Å². The van der Waals surface area contributed by atoms with Crippen molar-refractivity contribution in [3.63, 3.8) is 0 Å². The molecule has 5 nitrogen and oxygen atoms in total. The fraction of sp³-hybridized carbons (Fsp3) is 0.579. The number of ether oxygens (including phenoxy) is 1. The van der Waals surface area contributed by atoms with Crippen molar-refractivity contribution in [2.24, 2.45) is 5.92 Å². The first-order chi connectivity index (χ1) is 11.3. The molecule has 0 radical (unpaired) electrons. The van der Waals surface area contributed by atoms with Gasteiger partial charge in [-0.25, -0.2) is 4.79 Å². The summed E-state index contributed by atoms with van der Waals surface area (Å²) < 4.78 is 5.29. The number of carbonyl (C=O) groups is 2. The zero-order valence-electron chi connectivity index (χ0n) is 14.8. The summed E-state index contributed by atoms with van der Waals surface area (Å²) in [4.78, 5) is 23.8. The molecule has 24 heavy (non-hydrogen) atoms. The summed E-state index contributed by atoms with van der Waals surface area (Å²) in [6, 6.07) is 9.41. The van der Waals surface area contributed by atoms with Gasteiger partial charge in [-0.05, 0) is 64.5 Å². The van der Waals surface area contributed by atoms with Crippen molar-refractivity contribution in [1.29, 1.82) is 0 Å². The van der Waals surface area contributed by atoms with E-state index in [0.717, 1.165) is 25.7 Å². The van der Waals surface area contributed by atoms with Gasteiger partial charge in [0.15, 0.2) is 0 Å². The number of hydrogen-bond donors (Lipinski definition) is 2. The minimum atomic E-state index is -0.468. The first kappa shape index (κ1) is 18.3. The highest BCUT2D eigenvalue weighted by atomic mass is 16.6. The Hall–Kier alpha value is -2.04. The summed E-state index contributed by atoms with van der Waals surface area (Å²) in [5, 5.41) is 5.90. The van der Waals surface area contributed by atoms with Crippen LogP contribution in [0.25, 0.3) is 0 Å². The Bertz CT molecular complexity index is 551. The molecule has 0 spiro atoms. The second-order valence-electron chi connectivity index (χ2n) is 7.43. The van der Waals surface area contributed by atoms with Crippen molar-refractivity contribution < 1.29 is 14.3 Å². The van der Waals surface area contributed by atoms with Crippen molar-refractivity contribution in [1.82, 2.24) is 10.6 Å². The summed E-state index contributed by atoms with van der Waals surface area (Å²) in [6.07, 6.45) is 3.58. The summed E-state index contributed by atoms with van der Waals surface area (Å²) in [5.41, 5.74) is 0.220. The third-order valence-corrected chi connectivity index (χ3v) is 4.14. The van der Waals surface area contributed by atoms with Gasteiger partial charge in [-0.1, -0.05) is 18.2 Å². The van der Waals surface area contributed by atoms with E-state index in [1.54, 1.807) is 0 Å². The highest BCUT2D eigenvalue weighted by molar-refractivity contribution is 5.94. The monoisotopic (exact) mass is 332 g/mol.